The third kappa shape index (κ3) is 1.18. The van der Waals surface area contributed by atoms with Crippen molar-refractivity contribution in [1.29, 1.82) is 0 Å². The van der Waals surface area contributed by atoms with E-state index in [2.05, 4.69) is 24.0 Å². The number of hydrogen-bond acceptors (Lipinski definition) is 1. The molecule has 0 spiro atoms. The van der Waals surface area contributed by atoms with E-state index in [-0.39, 0.29) is 11.9 Å². The van der Waals surface area contributed by atoms with Gasteiger partial charge in [-0.3, -0.25) is 4.79 Å². The van der Waals surface area contributed by atoms with Gasteiger partial charge in [0.05, 0.1) is 0 Å². The molecule has 0 radical (unpaired) electrons. The zero-order valence-corrected chi connectivity index (χ0v) is 9.45. The Bertz CT molecular complexity index is 570. The summed E-state index contributed by atoms with van der Waals surface area (Å²) in [7, 11) is 0. The maximum atomic E-state index is 11.6. The lowest BCUT2D eigenvalue weighted by Gasteiger charge is -2.20. The van der Waals surface area contributed by atoms with Gasteiger partial charge in [0.2, 0.25) is 5.91 Å². The number of rotatable bonds is 0. The maximum Gasteiger partial charge on any atom is 0.224 e. The molecule has 0 fully saturated rings. The highest BCUT2D eigenvalue weighted by atomic mass is 16.2. The molecule has 1 aliphatic heterocycles. The monoisotopic (exact) mass is 214 g/mol. The fraction of sp³-hybridized carbons (Fsp3) is 0.308. The second-order valence-electron chi connectivity index (χ2n) is 4.49. The van der Waals surface area contributed by atoms with Crippen LogP contribution in [0, 0.1) is 0 Å². The molecule has 0 aliphatic carbocycles. The first-order chi connectivity index (χ1) is 7.66. The van der Waals surface area contributed by atoms with E-state index in [0.29, 0.717) is 0 Å². The number of anilines is 1. The molecule has 16 heavy (non-hydrogen) atoms. The Balaban J connectivity index is 2.22. The Morgan fingerprint density at radius 3 is 3.06 bits per heavy atom. The molecule has 1 atom stereocenters. The Kier molecular flexibility index (Phi) is 1.84. The number of fused-ring (bicyclic) bond motifs is 2. The lowest BCUT2D eigenvalue weighted by Crippen LogP contribution is -2.33. The van der Waals surface area contributed by atoms with Crippen LogP contribution in [0.15, 0.2) is 24.4 Å². The van der Waals surface area contributed by atoms with E-state index in [9.17, 15) is 4.79 Å². The largest absolute Gasteiger partial charge is 0.361 e. The fourth-order valence-electron chi connectivity index (χ4n) is 2.65. The number of aromatic nitrogens is 1. The Hall–Kier alpha value is -1.77. The zero-order chi connectivity index (χ0) is 11.3. The van der Waals surface area contributed by atoms with Gasteiger partial charge in [-0.1, -0.05) is 0 Å². The summed E-state index contributed by atoms with van der Waals surface area (Å²) in [5, 5.41) is 1.17. The third-order valence-corrected chi connectivity index (χ3v) is 3.31. The van der Waals surface area contributed by atoms with Crippen molar-refractivity contribution >= 4 is 22.5 Å². The standard InChI is InChI=1S/C13H14N2O/c1-8-5-11-6-12-10(3-4-14-12)7-13(11)15(8)9(2)16/h3-4,6-8,14H,5H2,1-2H3. The van der Waals surface area contributed by atoms with E-state index >= 15 is 0 Å². The number of H-pyrrole nitrogens is 1. The molecule has 1 aromatic heterocycles. The molecular formula is C13H14N2O. The second-order valence-corrected chi connectivity index (χ2v) is 4.49. The predicted octanol–water partition coefficient (Wildman–Crippen LogP) is 2.47. The minimum atomic E-state index is 0.126. The summed E-state index contributed by atoms with van der Waals surface area (Å²) in [5.41, 5.74) is 3.49. The molecule has 82 valence electrons. The van der Waals surface area contributed by atoms with Crippen LogP contribution in [0.3, 0.4) is 0 Å². The van der Waals surface area contributed by atoms with E-state index in [1.165, 1.54) is 10.9 Å². The summed E-state index contributed by atoms with van der Waals surface area (Å²) in [6, 6.07) is 6.58. The number of hydrogen-bond donors (Lipinski definition) is 1. The minimum Gasteiger partial charge on any atom is -0.361 e. The third-order valence-electron chi connectivity index (χ3n) is 3.31. The molecular weight excluding hydrogens is 200 g/mol. The van der Waals surface area contributed by atoms with Gasteiger partial charge in [-0.2, -0.15) is 0 Å². The van der Waals surface area contributed by atoms with Crippen LogP contribution in [0.25, 0.3) is 10.9 Å². The summed E-state index contributed by atoms with van der Waals surface area (Å²) in [6.45, 7) is 3.72. The summed E-state index contributed by atoms with van der Waals surface area (Å²) < 4.78 is 0. The average molecular weight is 214 g/mol. The number of nitrogens with one attached hydrogen (secondary N) is 1. The zero-order valence-electron chi connectivity index (χ0n) is 9.45. The van der Waals surface area contributed by atoms with Crippen LogP contribution in [0.1, 0.15) is 19.4 Å². The van der Waals surface area contributed by atoms with E-state index < -0.39 is 0 Å². The van der Waals surface area contributed by atoms with Crippen molar-refractivity contribution in [2.75, 3.05) is 4.90 Å². The van der Waals surface area contributed by atoms with Crippen molar-refractivity contribution in [2.24, 2.45) is 0 Å². The lowest BCUT2D eigenvalue weighted by molar-refractivity contribution is -0.116. The lowest BCUT2D eigenvalue weighted by atomic mass is 10.1. The van der Waals surface area contributed by atoms with E-state index in [1.807, 2.05) is 17.2 Å². The number of benzene rings is 1. The summed E-state index contributed by atoms with van der Waals surface area (Å²) >= 11 is 0. The fourth-order valence-corrected chi connectivity index (χ4v) is 2.65. The Labute approximate surface area is 94.1 Å². The van der Waals surface area contributed by atoms with Gasteiger partial charge in [-0.15, -0.1) is 0 Å². The van der Waals surface area contributed by atoms with Crippen LogP contribution in [0.5, 0.6) is 0 Å². The molecule has 0 bridgehead atoms. The second kappa shape index (κ2) is 3.11. The van der Waals surface area contributed by atoms with E-state index in [4.69, 9.17) is 0 Å². The minimum absolute atomic E-state index is 0.126. The smallest absolute Gasteiger partial charge is 0.224 e. The average Bonchev–Trinajstić information content (AvgIpc) is 2.75. The summed E-state index contributed by atoms with van der Waals surface area (Å²) in [6.07, 6.45) is 2.88. The van der Waals surface area contributed by atoms with Crippen molar-refractivity contribution in [3.8, 4) is 0 Å². The Morgan fingerprint density at radius 2 is 2.31 bits per heavy atom. The molecule has 2 aromatic rings. The van der Waals surface area contributed by atoms with Gasteiger partial charge in [0.15, 0.2) is 0 Å². The molecule has 1 aromatic carbocycles. The highest BCUT2D eigenvalue weighted by Crippen LogP contribution is 2.35. The number of carbonyl (C=O) groups is 1. The number of carbonyl (C=O) groups excluding carboxylic acids is 1. The molecule has 3 heteroatoms. The highest BCUT2D eigenvalue weighted by Gasteiger charge is 2.29. The van der Waals surface area contributed by atoms with Crippen molar-refractivity contribution in [2.45, 2.75) is 26.3 Å². The van der Waals surface area contributed by atoms with Gasteiger partial charge >= 0.3 is 0 Å². The van der Waals surface area contributed by atoms with Crippen molar-refractivity contribution in [3.05, 3.63) is 30.0 Å². The Morgan fingerprint density at radius 1 is 1.50 bits per heavy atom. The van der Waals surface area contributed by atoms with Crippen LogP contribution in [-0.2, 0) is 11.2 Å². The first-order valence-electron chi connectivity index (χ1n) is 5.56. The molecule has 1 unspecified atom stereocenters. The van der Waals surface area contributed by atoms with Gasteiger partial charge in [0.1, 0.15) is 0 Å². The molecule has 0 saturated heterocycles. The maximum absolute atomic E-state index is 11.6. The van der Waals surface area contributed by atoms with E-state index in [0.717, 1.165) is 17.6 Å². The molecule has 3 nitrogen and oxygen atoms in total. The highest BCUT2D eigenvalue weighted by molar-refractivity contribution is 5.98. The van der Waals surface area contributed by atoms with Crippen LogP contribution in [-0.4, -0.2) is 16.9 Å². The molecule has 1 N–H and O–H groups in total. The molecule has 1 aliphatic rings. The van der Waals surface area contributed by atoms with Crippen molar-refractivity contribution in [1.82, 2.24) is 4.98 Å². The van der Waals surface area contributed by atoms with Gasteiger partial charge in [-0.05, 0) is 37.1 Å². The summed E-state index contributed by atoms with van der Waals surface area (Å²) in [4.78, 5) is 16.7. The quantitative estimate of drug-likeness (QED) is 0.718. The molecule has 3 rings (SSSR count). The molecule has 1 amide bonds. The van der Waals surface area contributed by atoms with Gasteiger partial charge < -0.3 is 9.88 Å². The predicted molar refractivity (Wildman–Crippen MR) is 64.6 cm³/mol. The van der Waals surface area contributed by atoms with Gasteiger partial charge in [0.25, 0.3) is 0 Å². The molecule has 2 heterocycles. The van der Waals surface area contributed by atoms with E-state index in [1.54, 1.807) is 6.92 Å². The van der Waals surface area contributed by atoms with Crippen LogP contribution in [0.4, 0.5) is 5.69 Å². The van der Waals surface area contributed by atoms with Crippen molar-refractivity contribution in [3.63, 3.8) is 0 Å². The topological polar surface area (TPSA) is 36.1 Å². The number of nitrogens with zero attached hydrogens (tertiary/aromatic N) is 1. The van der Waals surface area contributed by atoms with Crippen LogP contribution < -0.4 is 4.90 Å². The van der Waals surface area contributed by atoms with Crippen molar-refractivity contribution < 1.29 is 4.79 Å². The summed E-state index contributed by atoms with van der Waals surface area (Å²) in [5.74, 6) is 0.126. The number of aromatic amines is 1. The van der Waals surface area contributed by atoms with Crippen LogP contribution >= 0.6 is 0 Å². The van der Waals surface area contributed by atoms with Crippen LogP contribution in [0.2, 0.25) is 0 Å². The first-order valence-corrected chi connectivity index (χ1v) is 5.56. The van der Waals surface area contributed by atoms with Gasteiger partial charge in [-0.25, -0.2) is 0 Å². The first kappa shape index (κ1) is 9.46. The normalized spacial score (nSPS) is 19.1. The number of amides is 1. The SMILES string of the molecule is CC(=O)N1c2cc3cc[nH]c3cc2CC1C. The molecule has 0 saturated carbocycles. The van der Waals surface area contributed by atoms with Gasteiger partial charge in [0, 0.05) is 35.8 Å².